The van der Waals surface area contributed by atoms with Crippen LogP contribution < -0.4 is 10.6 Å². The van der Waals surface area contributed by atoms with E-state index in [9.17, 15) is 0 Å². The van der Waals surface area contributed by atoms with Crippen LogP contribution in [0, 0.1) is 6.92 Å². The highest BCUT2D eigenvalue weighted by atomic mass is 32.1. The van der Waals surface area contributed by atoms with Crippen LogP contribution in [0.1, 0.15) is 10.4 Å². The summed E-state index contributed by atoms with van der Waals surface area (Å²) in [5, 5.41) is 8.26. The maximum atomic E-state index is 5.33. The minimum absolute atomic E-state index is 0.334. The molecule has 1 saturated heterocycles. The number of rotatable bonds is 2. The minimum Gasteiger partial charge on any atom is -0.383 e. The first-order chi connectivity index (χ1) is 11.7. The number of ether oxygens (including phenoxy) is 1. The molecule has 2 aromatic rings. The normalized spacial score (nSPS) is 19.8. The van der Waals surface area contributed by atoms with E-state index in [1.54, 1.807) is 18.4 Å². The highest BCUT2D eigenvalue weighted by Gasteiger charge is 2.27. The van der Waals surface area contributed by atoms with E-state index < -0.39 is 0 Å². The van der Waals surface area contributed by atoms with Gasteiger partial charge in [0.25, 0.3) is 0 Å². The molecule has 1 fully saturated rings. The molecule has 0 radical (unpaired) electrons. The number of thiophene rings is 1. The van der Waals surface area contributed by atoms with E-state index in [4.69, 9.17) is 9.73 Å². The van der Waals surface area contributed by atoms with Crippen LogP contribution in [0.15, 0.2) is 35.3 Å². The predicted molar refractivity (Wildman–Crippen MR) is 100 cm³/mol. The summed E-state index contributed by atoms with van der Waals surface area (Å²) >= 11 is 1.79. The van der Waals surface area contributed by atoms with Crippen molar-refractivity contribution in [1.82, 2.24) is 10.2 Å². The summed E-state index contributed by atoms with van der Waals surface area (Å²) in [7, 11) is 1.75. The van der Waals surface area contributed by atoms with Gasteiger partial charge in [-0.1, -0.05) is 12.1 Å². The molecule has 2 N–H and O–H groups in total. The van der Waals surface area contributed by atoms with E-state index in [0.29, 0.717) is 12.6 Å². The lowest BCUT2D eigenvalue weighted by Crippen LogP contribution is -2.54. The van der Waals surface area contributed by atoms with Crippen LogP contribution in [0.25, 0.3) is 0 Å². The van der Waals surface area contributed by atoms with Crippen LogP contribution in [0.3, 0.4) is 0 Å². The average Bonchev–Trinajstić information content (AvgIpc) is 2.87. The Balaban J connectivity index is 1.75. The lowest BCUT2D eigenvalue weighted by atomic mass is 10.1. The molecule has 4 rings (SSSR count). The molecule has 1 unspecified atom stereocenters. The minimum atomic E-state index is 0.334. The Labute approximate surface area is 146 Å². The number of anilines is 2. The van der Waals surface area contributed by atoms with Crippen molar-refractivity contribution in [1.29, 1.82) is 0 Å². The number of piperazine rings is 1. The monoisotopic (exact) mass is 342 g/mol. The van der Waals surface area contributed by atoms with Crippen LogP contribution in [-0.2, 0) is 4.74 Å². The van der Waals surface area contributed by atoms with E-state index in [1.165, 1.54) is 15.4 Å². The summed E-state index contributed by atoms with van der Waals surface area (Å²) < 4.78 is 5.33. The zero-order valence-electron chi connectivity index (χ0n) is 14.0. The van der Waals surface area contributed by atoms with Crippen LogP contribution in [0.5, 0.6) is 0 Å². The molecule has 0 spiro atoms. The van der Waals surface area contributed by atoms with E-state index in [2.05, 4.69) is 40.7 Å². The number of fused-ring (bicyclic) bond motifs is 2. The highest BCUT2D eigenvalue weighted by molar-refractivity contribution is 7.16. The quantitative estimate of drug-likeness (QED) is 0.880. The van der Waals surface area contributed by atoms with Crippen LogP contribution >= 0.6 is 11.3 Å². The van der Waals surface area contributed by atoms with Gasteiger partial charge in [0.15, 0.2) is 0 Å². The van der Waals surface area contributed by atoms with Crippen molar-refractivity contribution < 1.29 is 4.74 Å². The zero-order valence-corrected chi connectivity index (χ0v) is 14.8. The molecule has 1 atom stereocenters. The van der Waals surface area contributed by atoms with Gasteiger partial charge in [-0.3, -0.25) is 0 Å². The molecule has 5 nitrogen and oxygen atoms in total. The third-order valence-electron chi connectivity index (χ3n) is 4.40. The van der Waals surface area contributed by atoms with Gasteiger partial charge in [0.1, 0.15) is 10.8 Å². The van der Waals surface area contributed by atoms with Crippen molar-refractivity contribution in [2.24, 2.45) is 4.99 Å². The Morgan fingerprint density at radius 3 is 3.12 bits per heavy atom. The predicted octanol–water partition coefficient (Wildman–Crippen LogP) is 3.11. The first-order valence-electron chi connectivity index (χ1n) is 8.27. The van der Waals surface area contributed by atoms with E-state index >= 15 is 0 Å². The number of para-hydroxylation sites is 2. The van der Waals surface area contributed by atoms with Crippen LogP contribution in [0.2, 0.25) is 0 Å². The molecule has 24 heavy (non-hydrogen) atoms. The van der Waals surface area contributed by atoms with Gasteiger partial charge in [-0.05, 0) is 25.1 Å². The average molecular weight is 342 g/mol. The van der Waals surface area contributed by atoms with E-state index in [-0.39, 0.29) is 0 Å². The van der Waals surface area contributed by atoms with Gasteiger partial charge in [0.2, 0.25) is 0 Å². The standard InChI is InChI=1S/C18H22N4OS/c1-12-9-14-17(22-8-7-19-13(10-22)11-23-2)20-15-5-3-4-6-16(15)21-18(14)24-12/h3-6,9,13,19,21H,7-8,10-11H2,1-2H3. The Morgan fingerprint density at radius 2 is 2.25 bits per heavy atom. The summed E-state index contributed by atoms with van der Waals surface area (Å²) in [5.41, 5.74) is 3.27. The number of aryl methyl sites for hydroxylation is 1. The van der Waals surface area contributed by atoms with Crippen molar-refractivity contribution >= 4 is 33.5 Å². The number of hydrogen-bond acceptors (Lipinski definition) is 6. The summed E-state index contributed by atoms with van der Waals surface area (Å²) in [6.45, 7) is 5.67. The third-order valence-corrected chi connectivity index (χ3v) is 5.36. The lowest BCUT2D eigenvalue weighted by Gasteiger charge is -2.35. The fourth-order valence-corrected chi connectivity index (χ4v) is 4.24. The molecular formula is C18H22N4OS. The van der Waals surface area contributed by atoms with Gasteiger partial charge in [-0.15, -0.1) is 11.3 Å². The molecule has 1 aromatic heterocycles. The summed E-state index contributed by atoms with van der Waals surface area (Å²) in [5.74, 6) is 1.06. The Kier molecular flexibility index (Phi) is 4.26. The molecular weight excluding hydrogens is 320 g/mol. The van der Waals surface area contributed by atoms with Gasteiger partial charge < -0.3 is 20.3 Å². The third kappa shape index (κ3) is 2.92. The smallest absolute Gasteiger partial charge is 0.139 e. The molecule has 1 aromatic carbocycles. The fourth-order valence-electron chi connectivity index (χ4n) is 3.32. The molecule has 0 saturated carbocycles. The number of hydrogen-bond donors (Lipinski definition) is 2. The summed E-state index contributed by atoms with van der Waals surface area (Å²) in [6, 6.07) is 10.8. The second-order valence-corrected chi connectivity index (χ2v) is 7.49. The van der Waals surface area contributed by atoms with Crippen molar-refractivity contribution in [2.75, 3.05) is 38.7 Å². The molecule has 2 aliphatic rings. The SMILES string of the molecule is COCC1CN(C2=Nc3ccccc3Nc3sc(C)cc32)CCN1. The van der Waals surface area contributed by atoms with Crippen molar-refractivity contribution in [2.45, 2.75) is 13.0 Å². The molecule has 0 aliphatic carbocycles. The zero-order chi connectivity index (χ0) is 16.5. The molecule has 0 amide bonds. The molecule has 126 valence electrons. The number of aliphatic imine (C=N–C) groups is 1. The maximum absolute atomic E-state index is 5.33. The highest BCUT2D eigenvalue weighted by Crippen LogP contribution is 2.39. The number of nitrogens with zero attached hydrogens (tertiary/aromatic N) is 2. The van der Waals surface area contributed by atoms with Gasteiger partial charge in [0.05, 0.1) is 23.5 Å². The second kappa shape index (κ2) is 6.55. The maximum Gasteiger partial charge on any atom is 0.139 e. The van der Waals surface area contributed by atoms with Gasteiger partial charge in [0, 0.05) is 37.7 Å². The first kappa shape index (κ1) is 15.6. The topological polar surface area (TPSA) is 48.9 Å². The van der Waals surface area contributed by atoms with Crippen molar-refractivity contribution in [3.8, 4) is 0 Å². The van der Waals surface area contributed by atoms with Crippen LogP contribution in [0.4, 0.5) is 16.4 Å². The van der Waals surface area contributed by atoms with E-state index in [1.807, 2.05) is 12.1 Å². The van der Waals surface area contributed by atoms with Gasteiger partial charge in [-0.2, -0.15) is 0 Å². The molecule has 6 heteroatoms. The Bertz CT molecular complexity index is 768. The first-order valence-corrected chi connectivity index (χ1v) is 9.09. The number of nitrogens with one attached hydrogen (secondary N) is 2. The number of amidine groups is 1. The van der Waals surface area contributed by atoms with Crippen LogP contribution in [-0.4, -0.2) is 50.1 Å². The van der Waals surface area contributed by atoms with Crippen molar-refractivity contribution in [3.05, 3.63) is 40.8 Å². The number of methoxy groups -OCH3 is 1. The Hall–Kier alpha value is -1.89. The van der Waals surface area contributed by atoms with Crippen molar-refractivity contribution in [3.63, 3.8) is 0 Å². The Morgan fingerprint density at radius 1 is 1.38 bits per heavy atom. The second-order valence-electron chi connectivity index (χ2n) is 6.23. The number of benzene rings is 1. The molecule has 2 aliphatic heterocycles. The summed E-state index contributed by atoms with van der Waals surface area (Å²) in [4.78, 5) is 8.71. The fraction of sp³-hybridized carbons (Fsp3) is 0.389. The molecule has 0 bridgehead atoms. The molecule has 3 heterocycles. The van der Waals surface area contributed by atoms with E-state index in [0.717, 1.165) is 36.8 Å². The summed E-state index contributed by atoms with van der Waals surface area (Å²) in [6.07, 6.45) is 0. The lowest BCUT2D eigenvalue weighted by molar-refractivity contribution is 0.139. The van der Waals surface area contributed by atoms with Gasteiger partial charge in [-0.25, -0.2) is 4.99 Å². The van der Waals surface area contributed by atoms with Gasteiger partial charge >= 0.3 is 0 Å². The largest absolute Gasteiger partial charge is 0.383 e.